The predicted molar refractivity (Wildman–Crippen MR) is 418 cm³/mol. The van der Waals surface area contributed by atoms with Gasteiger partial charge in [0, 0.05) is 114 Å². The highest BCUT2D eigenvalue weighted by Crippen LogP contribution is 2.19. The normalized spacial score (nSPS) is 14.2. The van der Waals surface area contributed by atoms with Crippen molar-refractivity contribution in [1.82, 2.24) is 84.6 Å². The molecule has 9 heterocycles. The minimum atomic E-state index is -1.08. The Balaban J connectivity index is 0.000000254. The zero-order valence-electron chi connectivity index (χ0n) is 66.7. The van der Waals surface area contributed by atoms with Gasteiger partial charge >= 0.3 is 29.8 Å². The van der Waals surface area contributed by atoms with Crippen LogP contribution < -0.4 is 10.6 Å². The van der Waals surface area contributed by atoms with E-state index in [1.54, 1.807) is 83.5 Å². The number of fused-ring (bicyclic) bond motifs is 12. The number of carboxylic acid groups (broad SMARTS) is 2. The van der Waals surface area contributed by atoms with Gasteiger partial charge in [-0.3, -0.25) is 97.4 Å². The van der Waals surface area contributed by atoms with Crippen molar-refractivity contribution in [1.29, 1.82) is 0 Å². The highest BCUT2D eigenvalue weighted by atomic mass is 79.9. The van der Waals surface area contributed by atoms with Crippen LogP contribution in [0.1, 0.15) is 131 Å². The summed E-state index contributed by atoms with van der Waals surface area (Å²) in [5.74, 6) is -4.74. The number of aromatic nitrogens is 6. The Bertz CT molecular complexity index is 3830. The average molecular weight is 1620 g/mol. The Labute approximate surface area is 663 Å². The number of halogens is 1. The largest absolute Gasteiger partial charge is 0.480 e. The van der Waals surface area contributed by atoms with Crippen molar-refractivity contribution in [3.05, 3.63) is 178 Å². The number of nitrogens with one attached hydrogen (secondary N) is 2. The van der Waals surface area contributed by atoms with Gasteiger partial charge in [-0.15, -0.1) is 0 Å². The molecule has 32 nitrogen and oxygen atoms in total. The molecule has 0 saturated heterocycles. The fourth-order valence-corrected chi connectivity index (χ4v) is 11.7. The number of amides is 5. The average Bonchev–Trinajstić information content (AvgIpc) is 0.842. The lowest BCUT2D eigenvalue weighted by atomic mass is 10.2. The SMILES string of the molecule is CN(CC(=O)O)C(=O)CN1Cc2cccc(n2)CN(CC(=O)N(C)CC(=O)O)Cc2cccc(n2)C1.CN(CC(=O)OC(C)(C)C)C(=O)CBr.CN(CC(=O)OC(C)(C)C)C(=O)CN1Cc2cccc(n2)CN(CC(=O)N(C)CC(=O)OC(C)(C)C)Cc2cccc(n2)C1.c1cc2nc(c1)CNCc1cccc(n1)CNC2. The molecule has 0 saturated carbocycles. The smallest absolute Gasteiger partial charge is 0.326 e. The number of ether oxygens (including phenoxy) is 3. The number of carboxylic acids is 2. The first kappa shape index (κ1) is 90.7. The minimum absolute atomic E-state index is 0.00185. The van der Waals surface area contributed by atoms with Crippen molar-refractivity contribution in [3.8, 4) is 0 Å². The summed E-state index contributed by atoms with van der Waals surface area (Å²) in [5, 5.41) is 25.0. The second-order valence-electron chi connectivity index (χ2n) is 30.4. The second kappa shape index (κ2) is 43.6. The molecule has 6 aromatic heterocycles. The van der Waals surface area contributed by atoms with E-state index in [9.17, 15) is 47.9 Å². The van der Waals surface area contributed by atoms with Gasteiger partial charge in [-0.1, -0.05) is 52.3 Å². The van der Waals surface area contributed by atoms with Crippen LogP contribution in [0.3, 0.4) is 0 Å². The number of alkyl halides is 1. The first-order valence-corrected chi connectivity index (χ1v) is 37.7. The number of likely N-dealkylation sites (N-methyl/N-ethyl adjacent to an activating group) is 5. The molecule has 3 aliphatic rings. The Morgan fingerprint density at radius 2 is 0.509 bits per heavy atom. The van der Waals surface area contributed by atoms with E-state index in [1.807, 2.05) is 117 Å². The predicted octanol–water partition coefficient (Wildman–Crippen LogP) is 4.83. The third kappa shape index (κ3) is 35.0. The summed E-state index contributed by atoms with van der Waals surface area (Å²) in [6.45, 7) is 21.1. The highest BCUT2D eigenvalue weighted by molar-refractivity contribution is 9.09. The molecule has 0 atom stereocenters. The van der Waals surface area contributed by atoms with E-state index < -0.39 is 46.6 Å². The van der Waals surface area contributed by atoms with Crippen LogP contribution in [-0.2, 0) is 141 Å². The quantitative estimate of drug-likeness (QED) is 0.0479. The third-order valence-electron chi connectivity index (χ3n) is 16.3. The van der Waals surface area contributed by atoms with Crippen LogP contribution in [0.4, 0.5) is 0 Å². The minimum Gasteiger partial charge on any atom is -0.480 e. The Morgan fingerprint density at radius 3 is 0.696 bits per heavy atom. The van der Waals surface area contributed by atoms with Gasteiger partial charge in [0.1, 0.15) is 49.5 Å². The maximum Gasteiger partial charge on any atom is 0.326 e. The lowest BCUT2D eigenvalue weighted by Gasteiger charge is -2.28. The first-order valence-electron chi connectivity index (χ1n) is 36.6. The number of pyridine rings is 6. The van der Waals surface area contributed by atoms with Crippen LogP contribution in [0.25, 0.3) is 0 Å². The summed E-state index contributed by atoms with van der Waals surface area (Å²) in [6, 6.07) is 34.8. The van der Waals surface area contributed by atoms with E-state index in [1.165, 1.54) is 38.6 Å². The van der Waals surface area contributed by atoms with Crippen molar-refractivity contribution >= 4 is 75.3 Å². The van der Waals surface area contributed by atoms with Crippen molar-refractivity contribution < 1.29 is 72.4 Å². The first-order chi connectivity index (χ1) is 52.7. The molecule has 112 heavy (non-hydrogen) atoms. The fraction of sp³-hybridized carbons (Fsp3) is 0.494. The monoisotopic (exact) mass is 1610 g/mol. The lowest BCUT2D eigenvalue weighted by Crippen LogP contribution is -2.42. The molecule has 4 N–H and O–H groups in total. The van der Waals surface area contributed by atoms with Crippen LogP contribution in [0.15, 0.2) is 109 Å². The van der Waals surface area contributed by atoms with E-state index in [0.717, 1.165) is 71.7 Å². The molecular weight excluding hydrogens is 1510 g/mol. The maximum absolute atomic E-state index is 13.1. The van der Waals surface area contributed by atoms with Crippen LogP contribution in [-0.4, -0.2) is 260 Å². The second-order valence-corrected chi connectivity index (χ2v) is 31.0. The topological polar surface area (TPSA) is 369 Å². The van der Waals surface area contributed by atoms with E-state index in [0.29, 0.717) is 75.1 Å². The van der Waals surface area contributed by atoms with Crippen molar-refractivity contribution in [2.75, 3.05) is 99.5 Å². The molecule has 0 radical (unpaired) electrons. The molecule has 6 aromatic rings. The zero-order valence-corrected chi connectivity index (χ0v) is 68.3. The Hall–Kier alpha value is -10.2. The van der Waals surface area contributed by atoms with E-state index in [4.69, 9.17) is 44.4 Å². The molecule has 0 aromatic carbocycles. The van der Waals surface area contributed by atoms with Crippen LogP contribution in [0.5, 0.6) is 0 Å². The molecular formula is C79H108BrN17O15. The number of hydrogen-bond acceptors (Lipinski definition) is 25. The summed E-state index contributed by atoms with van der Waals surface area (Å²) in [4.78, 5) is 163. The molecule has 0 unspecified atom stereocenters. The number of esters is 3. The van der Waals surface area contributed by atoms with Crippen LogP contribution in [0, 0.1) is 0 Å². The molecule has 0 spiro atoms. The Morgan fingerprint density at radius 1 is 0.330 bits per heavy atom. The van der Waals surface area contributed by atoms with Gasteiger partial charge in [0.25, 0.3) is 0 Å². The lowest BCUT2D eigenvalue weighted by molar-refractivity contribution is -0.159. The standard InChI is InChI=1S/C32H46N6O6.C24H30N6O6.C14H16N4.C9H16BrNO3/c1-31(2,3)43-29(41)21-35(7)27(39)19-37-15-23-11-9-13-25(33-23)17-38(18-26-14-10-12-24(16-37)34-26)20-28(40)36(8)22-30(42)44-32(4,5)6;1-27(15-23(33)34)21(31)13-29-9-17-5-3-7-19(25-17)11-30(14-22(32)28(2)16-24(35)36)12-20-8-4-6-18(10-29)26-20;1-3-11-7-15-9-13-5-2-6-14(18-13)10-16-8-12(4-1)17-11;1-9(2,3)14-8(13)6-11(4)7(12)5-10/h9-14H,15-22H2,1-8H3;3-8H,9-16H2,1-2H3,(H,33,34)(H,35,36);1-6,15-16H,7-10H2;5-6H2,1-4H3. The van der Waals surface area contributed by atoms with Gasteiger partial charge in [-0.2, -0.15) is 0 Å². The van der Waals surface area contributed by atoms with Crippen LogP contribution in [0.2, 0.25) is 0 Å². The van der Waals surface area contributed by atoms with Crippen molar-refractivity contribution in [2.45, 2.75) is 158 Å². The molecule has 3 aliphatic heterocycles. The van der Waals surface area contributed by atoms with Crippen molar-refractivity contribution in [3.63, 3.8) is 0 Å². The number of carbonyl (C=O) groups excluding carboxylic acids is 8. The molecule has 9 rings (SSSR count). The summed E-state index contributed by atoms with van der Waals surface area (Å²) in [6.07, 6.45) is 0. The van der Waals surface area contributed by atoms with Gasteiger partial charge in [-0.25, -0.2) is 0 Å². The van der Waals surface area contributed by atoms with Crippen LogP contribution >= 0.6 is 15.9 Å². The molecule has 0 fully saturated rings. The summed E-state index contributed by atoms with van der Waals surface area (Å²) >= 11 is 3.02. The molecule has 5 amide bonds. The van der Waals surface area contributed by atoms with E-state index in [-0.39, 0.29) is 93.8 Å². The number of rotatable bonds is 19. The molecule has 0 aliphatic carbocycles. The highest BCUT2D eigenvalue weighted by Gasteiger charge is 2.28. The zero-order chi connectivity index (χ0) is 82.5. The number of carbonyl (C=O) groups is 10. The van der Waals surface area contributed by atoms with E-state index in [2.05, 4.69) is 48.7 Å². The third-order valence-corrected chi connectivity index (χ3v) is 16.8. The van der Waals surface area contributed by atoms with Crippen molar-refractivity contribution in [2.24, 2.45) is 0 Å². The number of hydrogen-bond donors (Lipinski definition) is 4. The molecule has 606 valence electrons. The maximum atomic E-state index is 13.1. The van der Waals surface area contributed by atoms with Gasteiger partial charge < -0.3 is 59.6 Å². The van der Waals surface area contributed by atoms with Gasteiger partial charge in [0.2, 0.25) is 29.5 Å². The number of nitrogens with zero attached hydrogens (tertiary/aromatic N) is 15. The van der Waals surface area contributed by atoms with Gasteiger partial charge in [-0.05, 0) is 135 Å². The van der Waals surface area contributed by atoms with Gasteiger partial charge in [0.15, 0.2) is 0 Å². The van der Waals surface area contributed by atoms with E-state index >= 15 is 0 Å². The van der Waals surface area contributed by atoms with Gasteiger partial charge in [0.05, 0.1) is 99.8 Å². The summed E-state index contributed by atoms with van der Waals surface area (Å²) < 4.78 is 15.8. The summed E-state index contributed by atoms with van der Waals surface area (Å²) in [5.41, 5.74) is 8.42. The molecule has 12 bridgehead atoms. The number of aliphatic carboxylic acids is 2. The Kier molecular flexibility index (Phi) is 35.3. The summed E-state index contributed by atoms with van der Waals surface area (Å²) in [7, 11) is 7.64. The molecule has 33 heteroatoms. The fourth-order valence-electron chi connectivity index (χ4n) is 11.3.